The molecule has 0 bridgehead atoms. The normalized spacial score (nSPS) is 15.5. The van der Waals surface area contributed by atoms with Gasteiger partial charge < -0.3 is 15.0 Å². The number of amides is 1. The highest BCUT2D eigenvalue weighted by atomic mass is 19.4. The van der Waals surface area contributed by atoms with E-state index in [1.165, 1.54) is 0 Å². The number of nitrogens with zero attached hydrogens (tertiary/aromatic N) is 3. The second kappa shape index (κ2) is 9.20. The Morgan fingerprint density at radius 2 is 2.00 bits per heavy atom. The summed E-state index contributed by atoms with van der Waals surface area (Å²) in [6, 6.07) is 12.7. The van der Waals surface area contributed by atoms with Crippen LogP contribution in [0.4, 0.5) is 19.1 Å². The maximum absolute atomic E-state index is 13.2. The fourth-order valence-corrected chi connectivity index (χ4v) is 4.47. The number of aromatic nitrogens is 2. The van der Waals surface area contributed by atoms with Crippen LogP contribution in [0.2, 0.25) is 0 Å². The molecule has 1 aromatic heterocycles. The molecule has 6 nitrogen and oxygen atoms in total. The number of fused-ring (bicyclic) bond motifs is 1. The van der Waals surface area contributed by atoms with Crippen molar-refractivity contribution in [3.63, 3.8) is 0 Å². The number of nitrogens with one attached hydrogen (secondary N) is 1. The van der Waals surface area contributed by atoms with Gasteiger partial charge in [-0.15, -0.1) is 0 Å². The quantitative estimate of drug-likeness (QED) is 0.549. The van der Waals surface area contributed by atoms with E-state index < -0.39 is 11.9 Å². The summed E-state index contributed by atoms with van der Waals surface area (Å²) in [5.41, 5.74) is 4.11. The first-order valence-corrected chi connectivity index (χ1v) is 11.5. The predicted molar refractivity (Wildman–Crippen MR) is 125 cm³/mol. The number of methoxy groups -OCH3 is 1. The molecule has 3 aromatic rings. The summed E-state index contributed by atoms with van der Waals surface area (Å²) in [5, 5.41) is 3.01. The number of hydrogen-bond donors (Lipinski definition) is 1. The molecule has 1 aliphatic carbocycles. The second-order valence-electron chi connectivity index (χ2n) is 8.86. The molecule has 0 radical (unpaired) electrons. The average molecular weight is 483 g/mol. The summed E-state index contributed by atoms with van der Waals surface area (Å²) in [6.07, 6.45) is -0.960. The van der Waals surface area contributed by atoms with E-state index in [0.29, 0.717) is 26.1 Å². The highest BCUT2D eigenvalue weighted by molar-refractivity contribution is 5.81. The lowest BCUT2D eigenvalue weighted by molar-refractivity contribution is -0.141. The highest BCUT2D eigenvalue weighted by Gasteiger charge is 2.34. The van der Waals surface area contributed by atoms with Crippen LogP contribution in [0.1, 0.15) is 35.2 Å². The highest BCUT2D eigenvalue weighted by Crippen LogP contribution is 2.36. The van der Waals surface area contributed by atoms with E-state index in [4.69, 9.17) is 4.74 Å². The first kappa shape index (κ1) is 23.1. The molecular weight excluding hydrogens is 457 g/mol. The molecule has 2 aliphatic rings. The van der Waals surface area contributed by atoms with Gasteiger partial charge in [0.25, 0.3) is 0 Å². The predicted octanol–water partition coefficient (Wildman–Crippen LogP) is 4.76. The minimum atomic E-state index is -4.54. The molecule has 35 heavy (non-hydrogen) atoms. The van der Waals surface area contributed by atoms with Crippen molar-refractivity contribution in [1.29, 1.82) is 0 Å². The number of carbonyl (C=O) groups is 1. The SMILES string of the molecule is COc1cccc(-c2ccc(CNC(=O)C3CC3)c3c2CCN(c2nccc(C(F)(F)F)n2)C3)c1. The van der Waals surface area contributed by atoms with Crippen molar-refractivity contribution < 1.29 is 22.7 Å². The van der Waals surface area contributed by atoms with Gasteiger partial charge in [0.2, 0.25) is 11.9 Å². The Balaban J connectivity index is 1.51. The number of ether oxygens (including phenoxy) is 1. The van der Waals surface area contributed by atoms with E-state index in [0.717, 1.165) is 58.7 Å². The summed E-state index contributed by atoms with van der Waals surface area (Å²) in [5.74, 6) is 0.929. The van der Waals surface area contributed by atoms with E-state index in [9.17, 15) is 18.0 Å². The maximum atomic E-state index is 13.2. The van der Waals surface area contributed by atoms with Crippen molar-refractivity contribution in [3.8, 4) is 16.9 Å². The summed E-state index contributed by atoms with van der Waals surface area (Å²) in [7, 11) is 1.62. The molecule has 5 rings (SSSR count). The monoisotopic (exact) mass is 482 g/mol. The molecule has 0 saturated heterocycles. The van der Waals surface area contributed by atoms with Gasteiger partial charge in [0.15, 0.2) is 0 Å². The number of rotatable bonds is 6. The van der Waals surface area contributed by atoms with Crippen molar-refractivity contribution >= 4 is 11.9 Å². The van der Waals surface area contributed by atoms with Crippen molar-refractivity contribution in [2.75, 3.05) is 18.6 Å². The van der Waals surface area contributed by atoms with Crippen LogP contribution in [0, 0.1) is 5.92 Å². The molecule has 1 saturated carbocycles. The fraction of sp³-hybridized carbons (Fsp3) is 0.346. The summed E-state index contributed by atoms with van der Waals surface area (Å²) in [4.78, 5) is 21.9. The van der Waals surface area contributed by atoms with Gasteiger partial charge in [0, 0.05) is 31.7 Å². The zero-order valence-electron chi connectivity index (χ0n) is 19.2. The Morgan fingerprint density at radius 1 is 1.17 bits per heavy atom. The first-order chi connectivity index (χ1) is 16.8. The minimum Gasteiger partial charge on any atom is -0.497 e. The summed E-state index contributed by atoms with van der Waals surface area (Å²) >= 11 is 0. The Morgan fingerprint density at radius 3 is 2.74 bits per heavy atom. The Bertz CT molecular complexity index is 1260. The average Bonchev–Trinajstić information content (AvgIpc) is 3.72. The van der Waals surface area contributed by atoms with Crippen LogP contribution in [0.5, 0.6) is 5.75 Å². The van der Waals surface area contributed by atoms with Gasteiger partial charge in [-0.05, 0) is 65.3 Å². The van der Waals surface area contributed by atoms with E-state index in [-0.39, 0.29) is 17.8 Å². The van der Waals surface area contributed by atoms with Gasteiger partial charge in [0.1, 0.15) is 11.4 Å². The number of alkyl halides is 3. The van der Waals surface area contributed by atoms with Crippen molar-refractivity contribution in [2.45, 2.75) is 38.5 Å². The smallest absolute Gasteiger partial charge is 0.433 e. The van der Waals surface area contributed by atoms with Gasteiger partial charge in [-0.3, -0.25) is 4.79 Å². The third-order valence-electron chi connectivity index (χ3n) is 6.51. The van der Waals surface area contributed by atoms with Gasteiger partial charge in [-0.25, -0.2) is 9.97 Å². The number of carbonyl (C=O) groups excluding carboxylic acids is 1. The molecule has 1 fully saturated rings. The van der Waals surface area contributed by atoms with Crippen LogP contribution in [0.15, 0.2) is 48.7 Å². The first-order valence-electron chi connectivity index (χ1n) is 11.5. The standard InChI is InChI=1S/C26H25F3N4O2/c1-35-19-4-2-3-17(13-19)20-8-7-18(14-31-24(34)16-5-6-16)22-15-33(12-10-21(20)22)25-30-11-9-23(32-25)26(27,28)29/h2-4,7-9,11,13,16H,5-6,10,12,14-15H2,1H3,(H,31,34). The fourth-order valence-electron chi connectivity index (χ4n) is 4.47. The number of anilines is 1. The molecule has 0 unspecified atom stereocenters. The van der Waals surface area contributed by atoms with Crippen LogP contribution < -0.4 is 15.0 Å². The number of hydrogen-bond acceptors (Lipinski definition) is 5. The van der Waals surface area contributed by atoms with Crippen LogP contribution in [-0.2, 0) is 30.5 Å². The van der Waals surface area contributed by atoms with E-state index in [1.807, 2.05) is 36.4 Å². The molecule has 2 aromatic carbocycles. The van der Waals surface area contributed by atoms with Crippen LogP contribution in [0.25, 0.3) is 11.1 Å². The van der Waals surface area contributed by atoms with Gasteiger partial charge in [0.05, 0.1) is 7.11 Å². The van der Waals surface area contributed by atoms with E-state index in [1.54, 1.807) is 12.0 Å². The van der Waals surface area contributed by atoms with Crippen LogP contribution in [0.3, 0.4) is 0 Å². The maximum Gasteiger partial charge on any atom is 0.433 e. The largest absolute Gasteiger partial charge is 0.497 e. The molecule has 2 heterocycles. The Labute approximate surface area is 201 Å². The molecule has 0 atom stereocenters. The molecule has 182 valence electrons. The lowest BCUT2D eigenvalue weighted by Gasteiger charge is -2.32. The number of halogens is 3. The third-order valence-corrected chi connectivity index (χ3v) is 6.51. The zero-order chi connectivity index (χ0) is 24.6. The molecule has 9 heteroatoms. The Kier molecular flexibility index (Phi) is 6.08. The minimum absolute atomic E-state index is 0.0458. The number of benzene rings is 2. The molecular formula is C26H25F3N4O2. The Hall–Kier alpha value is -3.62. The molecule has 1 amide bonds. The topological polar surface area (TPSA) is 67.3 Å². The van der Waals surface area contributed by atoms with E-state index in [2.05, 4.69) is 15.3 Å². The lowest BCUT2D eigenvalue weighted by atomic mass is 9.87. The van der Waals surface area contributed by atoms with Crippen LogP contribution in [-0.4, -0.2) is 29.5 Å². The van der Waals surface area contributed by atoms with Crippen molar-refractivity contribution in [1.82, 2.24) is 15.3 Å². The zero-order valence-corrected chi connectivity index (χ0v) is 19.2. The molecule has 1 N–H and O–H groups in total. The van der Waals surface area contributed by atoms with E-state index >= 15 is 0 Å². The van der Waals surface area contributed by atoms with Crippen molar-refractivity contribution in [2.24, 2.45) is 5.92 Å². The van der Waals surface area contributed by atoms with Gasteiger partial charge in [-0.2, -0.15) is 13.2 Å². The second-order valence-corrected chi connectivity index (χ2v) is 8.86. The van der Waals surface area contributed by atoms with Gasteiger partial charge in [-0.1, -0.05) is 24.3 Å². The van der Waals surface area contributed by atoms with Crippen LogP contribution >= 0.6 is 0 Å². The summed E-state index contributed by atoms with van der Waals surface area (Å²) < 4.78 is 45.1. The molecule has 1 aliphatic heterocycles. The van der Waals surface area contributed by atoms with Gasteiger partial charge >= 0.3 is 6.18 Å². The van der Waals surface area contributed by atoms with Crippen molar-refractivity contribution in [3.05, 3.63) is 71.0 Å². The third kappa shape index (κ3) is 4.94. The summed E-state index contributed by atoms with van der Waals surface area (Å²) in [6.45, 7) is 1.19. The lowest BCUT2D eigenvalue weighted by Crippen LogP contribution is -2.34. The molecule has 0 spiro atoms.